The molecular weight excluding hydrogens is 357 g/mol. The van der Waals surface area contributed by atoms with Crippen molar-refractivity contribution in [1.82, 2.24) is 9.97 Å². The van der Waals surface area contributed by atoms with Crippen LogP contribution in [-0.4, -0.2) is 23.0 Å². The van der Waals surface area contributed by atoms with Gasteiger partial charge in [-0.05, 0) is 41.0 Å². The molecular formula is C22H18FN3O2. The Bertz CT molecular complexity index is 1180. The summed E-state index contributed by atoms with van der Waals surface area (Å²) in [6.45, 7) is 0. The highest BCUT2D eigenvalue weighted by atomic mass is 19.1. The molecule has 0 bridgehead atoms. The molecule has 0 unspecified atom stereocenters. The Balaban J connectivity index is 1.72. The summed E-state index contributed by atoms with van der Waals surface area (Å²) in [5.74, 6) is -0.307. The highest BCUT2D eigenvalue weighted by Gasteiger charge is 2.12. The van der Waals surface area contributed by atoms with E-state index in [0.717, 1.165) is 27.7 Å². The summed E-state index contributed by atoms with van der Waals surface area (Å²) in [5.41, 5.74) is 9.73. The summed E-state index contributed by atoms with van der Waals surface area (Å²) in [4.78, 5) is 19.0. The number of carbonyl (C=O) groups is 1. The van der Waals surface area contributed by atoms with Crippen LogP contribution in [0.3, 0.4) is 0 Å². The third-order valence-corrected chi connectivity index (χ3v) is 4.74. The zero-order valence-electron chi connectivity index (χ0n) is 15.2. The van der Waals surface area contributed by atoms with Crippen molar-refractivity contribution in [2.75, 3.05) is 7.11 Å². The smallest absolute Gasteiger partial charge is 0.248 e. The molecule has 0 radical (unpaired) electrons. The van der Waals surface area contributed by atoms with Gasteiger partial charge in [0.1, 0.15) is 17.2 Å². The number of aromatic nitrogens is 2. The zero-order valence-corrected chi connectivity index (χ0v) is 15.2. The largest absolute Gasteiger partial charge is 0.497 e. The predicted molar refractivity (Wildman–Crippen MR) is 106 cm³/mol. The van der Waals surface area contributed by atoms with Crippen LogP contribution in [0.2, 0.25) is 0 Å². The number of aromatic amines is 1. The molecule has 1 amide bonds. The summed E-state index contributed by atoms with van der Waals surface area (Å²) >= 11 is 0. The van der Waals surface area contributed by atoms with Gasteiger partial charge in [0.05, 0.1) is 7.11 Å². The average molecular weight is 375 g/mol. The van der Waals surface area contributed by atoms with Gasteiger partial charge in [-0.25, -0.2) is 9.37 Å². The maximum Gasteiger partial charge on any atom is 0.248 e. The standard InChI is InChI=1S/C22H18FN3O2/c1-28-18-6-5-14(20(23)10-18)8-17-12-26-22-19(17)9-16(11-25-22)13-3-2-4-15(7-13)21(24)27/h2-7,9-12H,8H2,1H3,(H2,24,27)(H,25,26). The van der Waals surface area contributed by atoms with Crippen LogP contribution in [-0.2, 0) is 6.42 Å². The van der Waals surface area contributed by atoms with Crippen LogP contribution in [0.5, 0.6) is 5.75 Å². The molecule has 28 heavy (non-hydrogen) atoms. The van der Waals surface area contributed by atoms with Crippen LogP contribution in [0.4, 0.5) is 4.39 Å². The first-order chi connectivity index (χ1) is 13.5. The van der Waals surface area contributed by atoms with Gasteiger partial charge in [0.2, 0.25) is 5.91 Å². The number of nitrogens with two attached hydrogens (primary N) is 1. The third kappa shape index (κ3) is 3.32. The van der Waals surface area contributed by atoms with Gasteiger partial charge < -0.3 is 15.5 Å². The Morgan fingerprint density at radius 1 is 1.14 bits per heavy atom. The number of ether oxygens (including phenoxy) is 1. The van der Waals surface area contributed by atoms with Gasteiger partial charge in [0.15, 0.2) is 0 Å². The molecule has 5 nitrogen and oxygen atoms in total. The molecule has 0 aliphatic carbocycles. The maximum atomic E-state index is 14.3. The Labute approximate surface area is 161 Å². The number of H-pyrrole nitrogens is 1. The number of halogens is 1. The van der Waals surface area contributed by atoms with E-state index in [1.54, 1.807) is 36.5 Å². The molecule has 2 aromatic heterocycles. The van der Waals surface area contributed by atoms with E-state index in [9.17, 15) is 9.18 Å². The fourth-order valence-electron chi connectivity index (χ4n) is 3.22. The first kappa shape index (κ1) is 17.7. The van der Waals surface area contributed by atoms with Crippen molar-refractivity contribution in [2.45, 2.75) is 6.42 Å². The van der Waals surface area contributed by atoms with Crippen LogP contribution >= 0.6 is 0 Å². The molecule has 0 saturated carbocycles. The normalized spacial score (nSPS) is 10.9. The number of rotatable bonds is 5. The lowest BCUT2D eigenvalue weighted by Gasteiger charge is -2.06. The number of carbonyl (C=O) groups excluding carboxylic acids is 1. The molecule has 0 aliphatic rings. The average Bonchev–Trinajstić information content (AvgIpc) is 3.11. The number of methoxy groups -OCH3 is 1. The lowest BCUT2D eigenvalue weighted by molar-refractivity contribution is 0.100. The molecule has 140 valence electrons. The van der Waals surface area contributed by atoms with Gasteiger partial charge in [-0.1, -0.05) is 18.2 Å². The highest BCUT2D eigenvalue weighted by Crippen LogP contribution is 2.27. The second-order valence-corrected chi connectivity index (χ2v) is 6.51. The third-order valence-electron chi connectivity index (χ3n) is 4.74. The van der Waals surface area contributed by atoms with Gasteiger partial charge >= 0.3 is 0 Å². The van der Waals surface area contributed by atoms with Gasteiger partial charge in [-0.2, -0.15) is 0 Å². The maximum absolute atomic E-state index is 14.3. The minimum atomic E-state index is -0.479. The number of nitrogens with one attached hydrogen (secondary N) is 1. The molecule has 0 spiro atoms. The van der Waals surface area contributed by atoms with Crippen molar-refractivity contribution in [3.8, 4) is 16.9 Å². The Kier molecular flexibility index (Phi) is 4.53. The van der Waals surface area contributed by atoms with E-state index in [2.05, 4.69) is 9.97 Å². The topological polar surface area (TPSA) is 81.0 Å². The molecule has 2 aromatic carbocycles. The monoisotopic (exact) mass is 375 g/mol. The van der Waals surface area contributed by atoms with Gasteiger partial charge in [-0.3, -0.25) is 4.79 Å². The molecule has 0 saturated heterocycles. The molecule has 2 heterocycles. The Morgan fingerprint density at radius 2 is 2.00 bits per heavy atom. The van der Waals surface area contributed by atoms with Crippen molar-refractivity contribution in [3.63, 3.8) is 0 Å². The number of benzene rings is 2. The summed E-state index contributed by atoms with van der Waals surface area (Å²) in [6, 6.07) is 13.9. The molecule has 0 atom stereocenters. The van der Waals surface area contributed by atoms with Gasteiger partial charge in [0, 0.05) is 41.4 Å². The summed E-state index contributed by atoms with van der Waals surface area (Å²) in [5, 5.41) is 0.900. The van der Waals surface area contributed by atoms with Crippen LogP contribution in [0, 0.1) is 5.82 Å². The van der Waals surface area contributed by atoms with Crippen molar-refractivity contribution >= 4 is 16.9 Å². The second-order valence-electron chi connectivity index (χ2n) is 6.51. The molecule has 0 aliphatic heterocycles. The number of fused-ring (bicyclic) bond motifs is 1. The first-order valence-corrected chi connectivity index (χ1v) is 8.74. The van der Waals surface area contributed by atoms with E-state index in [-0.39, 0.29) is 5.82 Å². The van der Waals surface area contributed by atoms with Crippen LogP contribution in [0.25, 0.3) is 22.2 Å². The molecule has 6 heteroatoms. The number of pyridine rings is 1. The molecule has 0 fully saturated rings. The molecule has 3 N–H and O–H groups in total. The summed E-state index contributed by atoms with van der Waals surface area (Å²) in [6.07, 6.45) is 3.99. The van der Waals surface area contributed by atoms with Crippen molar-refractivity contribution in [2.24, 2.45) is 5.73 Å². The molecule has 4 aromatic rings. The van der Waals surface area contributed by atoms with E-state index in [0.29, 0.717) is 23.3 Å². The van der Waals surface area contributed by atoms with Crippen LogP contribution in [0.1, 0.15) is 21.5 Å². The first-order valence-electron chi connectivity index (χ1n) is 8.74. The number of hydrogen-bond donors (Lipinski definition) is 2. The number of primary amides is 1. The van der Waals surface area contributed by atoms with E-state index in [1.807, 2.05) is 18.3 Å². The summed E-state index contributed by atoms with van der Waals surface area (Å²) < 4.78 is 19.4. The van der Waals surface area contributed by atoms with Crippen molar-refractivity contribution in [1.29, 1.82) is 0 Å². The number of hydrogen-bond acceptors (Lipinski definition) is 3. The van der Waals surface area contributed by atoms with Gasteiger partial charge in [-0.15, -0.1) is 0 Å². The minimum Gasteiger partial charge on any atom is -0.497 e. The lowest BCUT2D eigenvalue weighted by atomic mass is 10.0. The second kappa shape index (κ2) is 7.15. The Hall–Kier alpha value is -3.67. The van der Waals surface area contributed by atoms with E-state index in [4.69, 9.17) is 10.5 Å². The van der Waals surface area contributed by atoms with E-state index < -0.39 is 5.91 Å². The van der Waals surface area contributed by atoms with Crippen molar-refractivity contribution in [3.05, 3.63) is 83.4 Å². The van der Waals surface area contributed by atoms with E-state index >= 15 is 0 Å². The fraction of sp³-hybridized carbons (Fsp3) is 0.0909. The zero-order chi connectivity index (χ0) is 19.7. The van der Waals surface area contributed by atoms with Crippen LogP contribution < -0.4 is 10.5 Å². The Morgan fingerprint density at radius 3 is 2.75 bits per heavy atom. The fourth-order valence-corrected chi connectivity index (χ4v) is 3.22. The predicted octanol–water partition coefficient (Wildman–Crippen LogP) is 4.07. The SMILES string of the molecule is COc1ccc(Cc2c[nH]c3ncc(-c4cccc(C(N)=O)c4)cc23)c(F)c1. The minimum absolute atomic E-state index is 0.313. The lowest BCUT2D eigenvalue weighted by Crippen LogP contribution is -2.10. The molecule has 4 rings (SSSR count). The number of nitrogens with zero attached hydrogens (tertiary/aromatic N) is 1. The van der Waals surface area contributed by atoms with Gasteiger partial charge in [0.25, 0.3) is 0 Å². The van der Waals surface area contributed by atoms with Crippen LogP contribution in [0.15, 0.2) is 60.9 Å². The quantitative estimate of drug-likeness (QED) is 0.552. The van der Waals surface area contributed by atoms with Crippen molar-refractivity contribution < 1.29 is 13.9 Å². The number of amides is 1. The summed E-state index contributed by atoms with van der Waals surface area (Å²) in [7, 11) is 1.51. The highest BCUT2D eigenvalue weighted by molar-refractivity contribution is 5.94. The van der Waals surface area contributed by atoms with E-state index in [1.165, 1.54) is 13.2 Å².